The van der Waals surface area contributed by atoms with Crippen LogP contribution in [0.2, 0.25) is 0 Å². The van der Waals surface area contributed by atoms with Gasteiger partial charge >= 0.3 is 0 Å². The molecule has 0 bridgehead atoms. The van der Waals surface area contributed by atoms with Crippen molar-refractivity contribution in [2.24, 2.45) is 0 Å². The molecule has 1 heterocycles. The van der Waals surface area contributed by atoms with Crippen molar-refractivity contribution in [2.75, 3.05) is 24.7 Å². The summed E-state index contributed by atoms with van der Waals surface area (Å²) in [5.41, 5.74) is 4.77. The van der Waals surface area contributed by atoms with Gasteiger partial charge in [0.1, 0.15) is 5.82 Å². The van der Waals surface area contributed by atoms with Crippen LogP contribution in [0.25, 0.3) is 0 Å². The molecule has 0 fully saturated rings. The Hall–Kier alpha value is -1.56. The number of hydrogen-bond acceptors (Lipinski definition) is 6. The Labute approximate surface area is 101 Å². The molecular formula is C11H20N4O2. The Morgan fingerprint density at radius 1 is 1.53 bits per heavy atom. The van der Waals surface area contributed by atoms with Crippen molar-refractivity contribution in [2.45, 2.75) is 32.3 Å². The van der Waals surface area contributed by atoms with E-state index < -0.39 is 5.60 Å². The molecule has 17 heavy (non-hydrogen) atoms. The highest BCUT2D eigenvalue weighted by Gasteiger charge is 2.18. The predicted molar refractivity (Wildman–Crippen MR) is 67.0 cm³/mol. The van der Waals surface area contributed by atoms with Gasteiger partial charge in [0.15, 0.2) is 0 Å². The van der Waals surface area contributed by atoms with Gasteiger partial charge in [0.2, 0.25) is 11.8 Å². The zero-order chi connectivity index (χ0) is 12.9. The van der Waals surface area contributed by atoms with Crippen molar-refractivity contribution >= 4 is 11.8 Å². The molecule has 0 aromatic carbocycles. The summed E-state index contributed by atoms with van der Waals surface area (Å²) in [5.74, 6) is 1.09. The number of nitrogens with one attached hydrogen (secondary N) is 1. The monoisotopic (exact) mass is 240 g/mol. The van der Waals surface area contributed by atoms with E-state index in [-0.39, 0.29) is 5.95 Å². The minimum atomic E-state index is -0.762. The van der Waals surface area contributed by atoms with Crippen LogP contribution in [0.1, 0.15) is 26.7 Å². The van der Waals surface area contributed by atoms with Crippen LogP contribution in [-0.4, -0.2) is 34.3 Å². The number of nitrogens with zero attached hydrogens (tertiary/aromatic N) is 2. The quantitative estimate of drug-likeness (QED) is 0.687. The van der Waals surface area contributed by atoms with E-state index in [0.717, 1.165) is 12.8 Å². The molecule has 1 atom stereocenters. The Kier molecular flexibility index (Phi) is 4.51. The third-order valence-electron chi connectivity index (χ3n) is 2.37. The van der Waals surface area contributed by atoms with Crippen molar-refractivity contribution in [3.63, 3.8) is 0 Å². The Balaban J connectivity index is 2.65. The molecule has 1 aromatic rings. The lowest BCUT2D eigenvalue weighted by molar-refractivity contribution is 0.0636. The Morgan fingerprint density at radius 2 is 2.24 bits per heavy atom. The van der Waals surface area contributed by atoms with Crippen LogP contribution in [0, 0.1) is 0 Å². The maximum absolute atomic E-state index is 10.0. The first-order valence-electron chi connectivity index (χ1n) is 5.61. The van der Waals surface area contributed by atoms with E-state index in [2.05, 4.69) is 15.3 Å². The number of ether oxygens (including phenoxy) is 1. The first-order valence-corrected chi connectivity index (χ1v) is 5.61. The lowest BCUT2D eigenvalue weighted by atomic mass is 10.0. The highest BCUT2D eigenvalue weighted by molar-refractivity contribution is 5.42. The molecule has 0 saturated heterocycles. The van der Waals surface area contributed by atoms with E-state index in [1.807, 2.05) is 6.92 Å². The number of methoxy groups -OCH3 is 1. The number of anilines is 2. The van der Waals surface area contributed by atoms with Gasteiger partial charge in [-0.25, -0.2) is 0 Å². The van der Waals surface area contributed by atoms with Crippen LogP contribution < -0.4 is 15.8 Å². The first-order chi connectivity index (χ1) is 7.96. The second-order valence-electron chi connectivity index (χ2n) is 4.25. The van der Waals surface area contributed by atoms with Crippen molar-refractivity contribution in [3.05, 3.63) is 6.07 Å². The third kappa shape index (κ3) is 4.44. The van der Waals surface area contributed by atoms with Crippen LogP contribution in [0.5, 0.6) is 5.88 Å². The van der Waals surface area contributed by atoms with Gasteiger partial charge in [-0.05, 0) is 13.3 Å². The fourth-order valence-electron chi connectivity index (χ4n) is 1.55. The fourth-order valence-corrected chi connectivity index (χ4v) is 1.55. The van der Waals surface area contributed by atoms with Crippen LogP contribution in [0.4, 0.5) is 11.8 Å². The summed E-state index contributed by atoms with van der Waals surface area (Å²) in [7, 11) is 1.51. The second kappa shape index (κ2) is 5.67. The van der Waals surface area contributed by atoms with Crippen molar-refractivity contribution < 1.29 is 9.84 Å². The molecule has 0 saturated carbocycles. The molecule has 1 unspecified atom stereocenters. The molecule has 96 valence electrons. The van der Waals surface area contributed by atoms with E-state index >= 15 is 0 Å². The molecule has 0 radical (unpaired) electrons. The van der Waals surface area contributed by atoms with Crippen LogP contribution >= 0.6 is 0 Å². The van der Waals surface area contributed by atoms with Gasteiger partial charge in [0.05, 0.1) is 12.7 Å². The zero-order valence-corrected chi connectivity index (χ0v) is 10.5. The average molecular weight is 240 g/mol. The van der Waals surface area contributed by atoms with E-state index in [4.69, 9.17) is 10.5 Å². The Morgan fingerprint density at radius 3 is 2.82 bits per heavy atom. The van der Waals surface area contributed by atoms with Crippen LogP contribution in [0.15, 0.2) is 6.07 Å². The van der Waals surface area contributed by atoms with Gasteiger partial charge in [-0.3, -0.25) is 0 Å². The van der Waals surface area contributed by atoms with Crippen molar-refractivity contribution in [1.29, 1.82) is 0 Å². The molecule has 0 amide bonds. The number of nitrogen functional groups attached to an aromatic ring is 1. The molecule has 0 aliphatic carbocycles. The van der Waals surface area contributed by atoms with E-state index in [0.29, 0.717) is 18.2 Å². The minimum Gasteiger partial charge on any atom is -0.481 e. The topological polar surface area (TPSA) is 93.3 Å². The standard InChI is InChI=1S/C11H20N4O2/c1-4-5-11(2,16)7-13-8-6-9(17-3)15-10(12)14-8/h6,16H,4-5,7H2,1-3H3,(H3,12,13,14,15). The fraction of sp³-hybridized carbons (Fsp3) is 0.636. The number of hydrogen-bond donors (Lipinski definition) is 3. The van der Waals surface area contributed by atoms with Gasteiger partial charge in [-0.1, -0.05) is 13.3 Å². The molecule has 0 aliphatic rings. The summed E-state index contributed by atoms with van der Waals surface area (Å²) in [6, 6.07) is 1.64. The molecule has 1 rings (SSSR count). The number of aliphatic hydroxyl groups is 1. The first kappa shape index (κ1) is 13.5. The minimum absolute atomic E-state index is 0.141. The maximum Gasteiger partial charge on any atom is 0.225 e. The average Bonchev–Trinajstić information content (AvgIpc) is 2.26. The number of rotatable bonds is 6. The van der Waals surface area contributed by atoms with Crippen LogP contribution in [0.3, 0.4) is 0 Å². The molecule has 6 heteroatoms. The third-order valence-corrected chi connectivity index (χ3v) is 2.37. The highest BCUT2D eigenvalue weighted by atomic mass is 16.5. The van der Waals surface area contributed by atoms with Crippen molar-refractivity contribution in [1.82, 2.24) is 9.97 Å². The molecular weight excluding hydrogens is 220 g/mol. The summed E-state index contributed by atoms with van der Waals surface area (Å²) in [4.78, 5) is 7.88. The number of aromatic nitrogens is 2. The summed E-state index contributed by atoms with van der Waals surface area (Å²) in [5, 5.41) is 13.0. The summed E-state index contributed by atoms with van der Waals surface area (Å²) >= 11 is 0. The Bertz CT molecular complexity index is 368. The van der Waals surface area contributed by atoms with Gasteiger partial charge in [0, 0.05) is 12.6 Å². The smallest absolute Gasteiger partial charge is 0.225 e. The van der Waals surface area contributed by atoms with Gasteiger partial charge in [-0.2, -0.15) is 9.97 Å². The van der Waals surface area contributed by atoms with Gasteiger partial charge in [0.25, 0.3) is 0 Å². The summed E-state index contributed by atoms with van der Waals surface area (Å²) in [6.07, 6.45) is 1.64. The van der Waals surface area contributed by atoms with Crippen molar-refractivity contribution in [3.8, 4) is 5.88 Å². The normalized spacial score (nSPS) is 14.1. The molecule has 4 N–H and O–H groups in total. The summed E-state index contributed by atoms with van der Waals surface area (Å²) < 4.78 is 4.98. The second-order valence-corrected chi connectivity index (χ2v) is 4.25. The summed E-state index contributed by atoms with van der Waals surface area (Å²) in [6.45, 7) is 4.21. The number of nitrogens with two attached hydrogens (primary N) is 1. The SMILES string of the molecule is CCCC(C)(O)CNc1cc(OC)nc(N)n1. The van der Waals surface area contributed by atoms with Gasteiger partial charge in [-0.15, -0.1) is 0 Å². The highest BCUT2D eigenvalue weighted by Crippen LogP contribution is 2.17. The largest absolute Gasteiger partial charge is 0.481 e. The predicted octanol–water partition coefficient (Wildman–Crippen LogP) is 1.03. The van der Waals surface area contributed by atoms with Gasteiger partial charge < -0.3 is 20.9 Å². The zero-order valence-electron chi connectivity index (χ0n) is 10.5. The maximum atomic E-state index is 10.0. The molecule has 0 spiro atoms. The lowest BCUT2D eigenvalue weighted by Crippen LogP contribution is -2.33. The van der Waals surface area contributed by atoms with E-state index in [9.17, 15) is 5.11 Å². The van der Waals surface area contributed by atoms with E-state index in [1.165, 1.54) is 7.11 Å². The van der Waals surface area contributed by atoms with E-state index in [1.54, 1.807) is 13.0 Å². The lowest BCUT2D eigenvalue weighted by Gasteiger charge is -2.23. The molecule has 0 aliphatic heterocycles. The molecule has 1 aromatic heterocycles. The van der Waals surface area contributed by atoms with Crippen LogP contribution in [-0.2, 0) is 0 Å². The molecule has 6 nitrogen and oxygen atoms in total.